The Balaban J connectivity index is 4.07. The van der Waals surface area contributed by atoms with Crippen molar-refractivity contribution in [3.8, 4) is 0 Å². The van der Waals surface area contributed by atoms with E-state index < -0.39 is 13.9 Å². The Hall–Kier alpha value is -2.32. The Morgan fingerprint density at radius 1 is 0.438 bits per heavy atom. The van der Waals surface area contributed by atoms with Gasteiger partial charge >= 0.3 is 5.97 Å². The summed E-state index contributed by atoms with van der Waals surface area (Å²) in [6.07, 6.45) is 76.3. The SMILES string of the molecule is CC/C=C\C/C=C\C/C=C\C/C=C\CCCCCCCCCCCCCCCOCC(COP(=O)([O-])OCC[N+](C)(C)C)OC(=O)CCCCCCCCCCCC/C=C\C/C=C\C/C=C\CCCCCCC. The molecule has 424 valence electrons. The molecule has 2 unspecified atom stereocenters. The molecule has 0 aromatic heterocycles. The second-order valence-corrected chi connectivity index (χ2v) is 22.7. The van der Waals surface area contributed by atoms with Gasteiger partial charge in [0.1, 0.15) is 19.3 Å². The first-order chi connectivity index (χ1) is 35.6. The molecule has 0 aliphatic heterocycles. The van der Waals surface area contributed by atoms with Crippen molar-refractivity contribution < 1.29 is 37.3 Å². The zero-order valence-electron chi connectivity index (χ0n) is 48.3. The summed E-state index contributed by atoms with van der Waals surface area (Å²) in [6.45, 7) is 5.30. The summed E-state index contributed by atoms with van der Waals surface area (Å²) in [5.41, 5.74) is 0. The van der Waals surface area contributed by atoms with Gasteiger partial charge in [-0.05, 0) is 89.9 Å². The van der Waals surface area contributed by atoms with E-state index in [1.54, 1.807) is 0 Å². The van der Waals surface area contributed by atoms with Crippen LogP contribution in [0.5, 0.6) is 0 Å². The molecule has 0 aliphatic carbocycles. The van der Waals surface area contributed by atoms with E-state index in [0.29, 0.717) is 24.1 Å². The minimum atomic E-state index is -4.54. The maximum atomic E-state index is 12.8. The molecule has 0 saturated carbocycles. The number of carbonyl (C=O) groups excluding carboxylic acids is 1. The third-order valence-corrected chi connectivity index (χ3v) is 13.9. The van der Waals surface area contributed by atoms with E-state index in [-0.39, 0.29) is 25.8 Å². The van der Waals surface area contributed by atoms with Crippen LogP contribution in [0, 0.1) is 0 Å². The van der Waals surface area contributed by atoms with Crippen LogP contribution in [-0.4, -0.2) is 70.7 Å². The number of carbonyl (C=O) groups is 1. The first-order valence-electron chi connectivity index (χ1n) is 30.3. The number of quaternary nitrogens is 1. The van der Waals surface area contributed by atoms with Crippen LogP contribution in [0.3, 0.4) is 0 Å². The molecule has 0 aromatic carbocycles. The first kappa shape index (κ1) is 70.7. The largest absolute Gasteiger partial charge is 0.756 e. The van der Waals surface area contributed by atoms with Gasteiger partial charge in [0, 0.05) is 13.0 Å². The topological polar surface area (TPSA) is 94.1 Å². The number of phosphoric acid groups is 1. The van der Waals surface area contributed by atoms with Crippen LogP contribution in [-0.2, 0) is 27.9 Å². The Labute approximate surface area is 452 Å². The summed E-state index contributed by atoms with van der Waals surface area (Å²) in [5, 5.41) is 0. The number of hydrogen-bond donors (Lipinski definition) is 0. The zero-order valence-corrected chi connectivity index (χ0v) is 49.2. The van der Waals surface area contributed by atoms with Gasteiger partial charge in [0.25, 0.3) is 7.82 Å². The lowest BCUT2D eigenvalue weighted by atomic mass is 10.0. The van der Waals surface area contributed by atoms with Gasteiger partial charge in [-0.2, -0.15) is 0 Å². The number of hydrogen-bond acceptors (Lipinski definition) is 7. The molecular weight excluding hydrogens is 926 g/mol. The number of ether oxygens (including phenoxy) is 2. The molecule has 0 saturated heterocycles. The van der Waals surface area contributed by atoms with Gasteiger partial charge < -0.3 is 27.9 Å². The maximum absolute atomic E-state index is 12.8. The average molecular weight is 1040 g/mol. The lowest BCUT2D eigenvalue weighted by Gasteiger charge is -2.28. The van der Waals surface area contributed by atoms with E-state index in [2.05, 4.69) is 98.9 Å². The van der Waals surface area contributed by atoms with Gasteiger partial charge in [-0.15, -0.1) is 0 Å². The summed E-state index contributed by atoms with van der Waals surface area (Å²) in [4.78, 5) is 25.3. The molecule has 2 atom stereocenters. The fraction of sp³-hybridized carbons (Fsp3) is 0.766. The third-order valence-electron chi connectivity index (χ3n) is 12.9. The van der Waals surface area contributed by atoms with E-state index in [9.17, 15) is 14.3 Å². The van der Waals surface area contributed by atoms with E-state index in [0.717, 1.165) is 70.6 Å². The third kappa shape index (κ3) is 60.4. The van der Waals surface area contributed by atoms with Crippen molar-refractivity contribution in [1.82, 2.24) is 0 Å². The first-order valence-corrected chi connectivity index (χ1v) is 31.8. The van der Waals surface area contributed by atoms with Gasteiger partial charge in [-0.3, -0.25) is 9.36 Å². The summed E-state index contributed by atoms with van der Waals surface area (Å²) in [7, 11) is 1.35. The van der Waals surface area contributed by atoms with Crippen molar-refractivity contribution in [2.75, 3.05) is 54.1 Å². The number of unbranched alkanes of at least 4 members (excludes halogenated alkanes) is 28. The standard InChI is InChI=1S/C64H116NO7P/c1-6-8-10-12-14-16-18-20-22-24-26-28-30-32-34-36-38-40-42-44-46-48-50-52-54-56-59-69-61-63(62-71-73(67,68)70-60-58-65(3,4)5)72-64(66)57-55-53-51-49-47-45-43-41-39-37-35-33-31-29-27-25-23-21-19-17-15-13-11-9-7-2/h8,10,14,16,19-22,25-28,31,33,63H,6-7,9,11-13,15,17-18,23-24,29-30,32,34-62H2,1-5H3/b10-8-,16-14-,21-19-,22-20-,27-25-,28-26-,33-31-. The maximum Gasteiger partial charge on any atom is 0.306 e. The minimum Gasteiger partial charge on any atom is -0.756 e. The molecule has 0 aliphatic rings. The van der Waals surface area contributed by atoms with Crippen molar-refractivity contribution >= 4 is 13.8 Å². The van der Waals surface area contributed by atoms with Crippen LogP contribution in [0.15, 0.2) is 85.1 Å². The Morgan fingerprint density at radius 2 is 0.795 bits per heavy atom. The van der Waals surface area contributed by atoms with Crippen molar-refractivity contribution in [2.45, 2.75) is 264 Å². The Bertz CT molecular complexity index is 1440. The van der Waals surface area contributed by atoms with Gasteiger partial charge in [-0.1, -0.05) is 247 Å². The molecule has 0 rings (SSSR count). The van der Waals surface area contributed by atoms with E-state index >= 15 is 0 Å². The second kappa shape index (κ2) is 55.9. The molecule has 0 radical (unpaired) electrons. The van der Waals surface area contributed by atoms with Crippen LogP contribution >= 0.6 is 7.82 Å². The van der Waals surface area contributed by atoms with Crippen LogP contribution in [0.2, 0.25) is 0 Å². The highest BCUT2D eigenvalue weighted by Crippen LogP contribution is 2.38. The number of likely N-dealkylation sites (N-methyl/N-ethyl adjacent to an activating group) is 1. The average Bonchev–Trinajstić information content (AvgIpc) is 3.35. The molecule has 0 heterocycles. The van der Waals surface area contributed by atoms with E-state index in [1.165, 1.54) is 167 Å². The van der Waals surface area contributed by atoms with E-state index in [4.69, 9.17) is 18.5 Å². The van der Waals surface area contributed by atoms with Gasteiger partial charge in [0.05, 0.1) is 34.4 Å². The molecule has 73 heavy (non-hydrogen) atoms. The normalized spacial score (nSPS) is 14.0. The predicted octanol–water partition coefficient (Wildman–Crippen LogP) is 18.9. The summed E-state index contributed by atoms with van der Waals surface area (Å²) in [5.74, 6) is -0.338. The quantitative estimate of drug-likeness (QED) is 0.0197. The fourth-order valence-corrected chi connectivity index (χ4v) is 9.04. The highest BCUT2D eigenvalue weighted by molar-refractivity contribution is 7.45. The van der Waals surface area contributed by atoms with Gasteiger partial charge in [-0.25, -0.2) is 0 Å². The van der Waals surface area contributed by atoms with Crippen molar-refractivity contribution in [2.24, 2.45) is 0 Å². The molecule has 0 aromatic rings. The lowest BCUT2D eigenvalue weighted by molar-refractivity contribution is -0.870. The lowest BCUT2D eigenvalue weighted by Crippen LogP contribution is -2.37. The summed E-state index contributed by atoms with van der Waals surface area (Å²) in [6, 6.07) is 0. The van der Waals surface area contributed by atoms with Crippen molar-refractivity contribution in [1.29, 1.82) is 0 Å². The molecule has 9 heteroatoms. The molecule has 8 nitrogen and oxygen atoms in total. The highest BCUT2D eigenvalue weighted by atomic mass is 31.2. The van der Waals surface area contributed by atoms with Gasteiger partial charge in [0.2, 0.25) is 0 Å². The van der Waals surface area contributed by atoms with Crippen LogP contribution < -0.4 is 4.89 Å². The van der Waals surface area contributed by atoms with Gasteiger partial charge in [0.15, 0.2) is 0 Å². The summed E-state index contributed by atoms with van der Waals surface area (Å²) < 4.78 is 34.9. The van der Waals surface area contributed by atoms with E-state index in [1.807, 2.05) is 21.1 Å². The number of phosphoric ester groups is 1. The molecular formula is C64H116NO7P. The second-order valence-electron chi connectivity index (χ2n) is 21.3. The predicted molar refractivity (Wildman–Crippen MR) is 314 cm³/mol. The van der Waals surface area contributed by atoms with Crippen molar-refractivity contribution in [3.63, 3.8) is 0 Å². The summed E-state index contributed by atoms with van der Waals surface area (Å²) >= 11 is 0. The van der Waals surface area contributed by atoms with Crippen LogP contribution in [0.4, 0.5) is 0 Å². The smallest absolute Gasteiger partial charge is 0.306 e. The Morgan fingerprint density at radius 3 is 1.19 bits per heavy atom. The van der Waals surface area contributed by atoms with Crippen LogP contribution in [0.25, 0.3) is 0 Å². The van der Waals surface area contributed by atoms with Crippen molar-refractivity contribution in [3.05, 3.63) is 85.1 Å². The molecule has 0 fully saturated rings. The number of esters is 1. The number of allylic oxidation sites excluding steroid dienone is 14. The number of rotatable bonds is 56. The molecule has 0 bridgehead atoms. The highest BCUT2D eigenvalue weighted by Gasteiger charge is 2.20. The fourth-order valence-electron chi connectivity index (χ4n) is 8.31. The molecule has 0 amide bonds. The molecule has 0 N–H and O–H groups in total. The molecule has 0 spiro atoms. The number of nitrogens with zero attached hydrogens (tertiary/aromatic N) is 1. The van der Waals surface area contributed by atoms with Crippen LogP contribution in [0.1, 0.15) is 258 Å². The minimum absolute atomic E-state index is 0.0221. The monoisotopic (exact) mass is 1040 g/mol. The Kier molecular flexibility index (Phi) is 54.1. The zero-order chi connectivity index (χ0) is 53.3.